The van der Waals surface area contributed by atoms with Crippen LogP contribution in [-0.2, 0) is 14.4 Å². The predicted octanol–water partition coefficient (Wildman–Crippen LogP) is -3.97. The number of hydrogen-bond donors (Lipinski definition) is 9. The summed E-state index contributed by atoms with van der Waals surface area (Å²) in [6.45, 7) is 4.04. The van der Waals surface area contributed by atoms with Gasteiger partial charge in [0.25, 0.3) is 0 Å². The van der Waals surface area contributed by atoms with Crippen LogP contribution in [0, 0.1) is 0 Å². The Labute approximate surface area is 175 Å². The van der Waals surface area contributed by atoms with E-state index in [9.17, 15) is 14.4 Å². The number of carbonyl (C=O) groups excluding carboxylic acids is 3. The van der Waals surface area contributed by atoms with Crippen molar-refractivity contribution in [3.05, 3.63) is 0 Å². The molecule has 0 aromatic heterocycles. The van der Waals surface area contributed by atoms with Crippen molar-refractivity contribution in [1.29, 1.82) is 0 Å². The third-order valence-corrected chi connectivity index (χ3v) is 3.68. The molecular formula is C18H36O12. The molecule has 0 saturated heterocycles. The molecule has 12 nitrogen and oxygen atoms in total. The summed E-state index contributed by atoms with van der Waals surface area (Å²) >= 11 is 0. The van der Waals surface area contributed by atoms with Gasteiger partial charge < -0.3 is 60.3 Å². The molecular weight excluding hydrogens is 408 g/mol. The molecule has 9 atom stereocenters. The van der Waals surface area contributed by atoms with E-state index < -0.39 is 54.9 Å². The van der Waals surface area contributed by atoms with Crippen molar-refractivity contribution >= 4 is 18.9 Å². The molecule has 0 aliphatic heterocycles. The molecule has 12 heteroatoms. The van der Waals surface area contributed by atoms with Gasteiger partial charge in [-0.2, -0.15) is 0 Å². The predicted molar refractivity (Wildman–Crippen MR) is 103 cm³/mol. The molecule has 0 rings (SSSR count). The second-order valence-corrected chi connectivity index (χ2v) is 6.60. The molecule has 9 N–H and O–H groups in total. The Morgan fingerprint density at radius 3 is 0.733 bits per heavy atom. The van der Waals surface area contributed by atoms with Gasteiger partial charge in [0.15, 0.2) is 0 Å². The molecule has 0 aliphatic carbocycles. The van der Waals surface area contributed by atoms with Crippen molar-refractivity contribution in [3.63, 3.8) is 0 Å². The van der Waals surface area contributed by atoms with Crippen LogP contribution in [0.3, 0.4) is 0 Å². The van der Waals surface area contributed by atoms with Crippen LogP contribution in [-0.4, -0.2) is 120 Å². The maximum absolute atomic E-state index is 9.79. The van der Waals surface area contributed by atoms with E-state index in [2.05, 4.69) is 0 Å². The minimum absolute atomic E-state index is 0.147. The highest BCUT2D eigenvalue weighted by Crippen LogP contribution is 2.02. The maximum Gasteiger partial charge on any atom is 0.122 e. The van der Waals surface area contributed by atoms with E-state index in [0.717, 1.165) is 0 Å². The van der Waals surface area contributed by atoms with Crippen LogP contribution in [0.2, 0.25) is 0 Å². The second-order valence-electron chi connectivity index (χ2n) is 6.60. The van der Waals surface area contributed by atoms with Gasteiger partial charge in [-0.3, -0.25) is 0 Å². The van der Waals surface area contributed by atoms with Crippen molar-refractivity contribution < 1.29 is 60.3 Å². The number of carbonyl (C=O) groups is 3. The van der Waals surface area contributed by atoms with Gasteiger partial charge in [0.1, 0.15) is 37.2 Å². The van der Waals surface area contributed by atoms with Crippen LogP contribution in [0.25, 0.3) is 0 Å². The Morgan fingerprint density at radius 1 is 0.467 bits per heavy atom. The highest BCUT2D eigenvalue weighted by atomic mass is 16.4. The number of hydrogen-bond acceptors (Lipinski definition) is 12. The second kappa shape index (κ2) is 19.6. The first kappa shape index (κ1) is 33.3. The molecule has 0 amide bonds. The lowest BCUT2D eigenvalue weighted by Crippen LogP contribution is -2.35. The monoisotopic (exact) mass is 444 g/mol. The minimum atomic E-state index is -1.23. The van der Waals surface area contributed by atoms with Crippen LogP contribution in [0.4, 0.5) is 0 Å². The standard InChI is InChI=1S/3C6H12O4/c3*1-4(8)6(10)5(9)2-3-7/h3*3-6,8-10H,2H2,1H3/t3*4-,5-,6+/m000/s1. The fourth-order valence-electron chi connectivity index (χ4n) is 1.68. The van der Waals surface area contributed by atoms with E-state index in [0.29, 0.717) is 18.9 Å². The molecule has 0 bridgehead atoms. The lowest BCUT2D eigenvalue weighted by atomic mass is 10.1. The van der Waals surface area contributed by atoms with Gasteiger partial charge in [0.05, 0.1) is 36.6 Å². The number of rotatable bonds is 12. The number of aliphatic hydroxyl groups excluding tert-OH is 9. The van der Waals surface area contributed by atoms with E-state index in [1.54, 1.807) is 0 Å². The van der Waals surface area contributed by atoms with E-state index in [-0.39, 0.29) is 19.3 Å². The molecule has 0 spiro atoms. The summed E-state index contributed by atoms with van der Waals surface area (Å²) in [5.41, 5.74) is 0. The molecule has 0 unspecified atom stereocenters. The minimum Gasteiger partial charge on any atom is -0.391 e. The lowest BCUT2D eigenvalue weighted by Gasteiger charge is -2.17. The van der Waals surface area contributed by atoms with Gasteiger partial charge in [0.2, 0.25) is 0 Å². The quantitative estimate of drug-likeness (QED) is 0.131. The number of aliphatic hydroxyl groups is 9. The Morgan fingerprint density at radius 2 is 0.633 bits per heavy atom. The van der Waals surface area contributed by atoms with Gasteiger partial charge in [-0.05, 0) is 20.8 Å². The molecule has 0 saturated carbocycles. The zero-order valence-corrected chi connectivity index (χ0v) is 17.3. The van der Waals surface area contributed by atoms with Crippen molar-refractivity contribution in [3.8, 4) is 0 Å². The summed E-state index contributed by atoms with van der Waals surface area (Å²) < 4.78 is 0. The largest absolute Gasteiger partial charge is 0.391 e. The fourth-order valence-corrected chi connectivity index (χ4v) is 1.68. The first-order valence-corrected chi connectivity index (χ1v) is 9.21. The van der Waals surface area contributed by atoms with Gasteiger partial charge in [-0.15, -0.1) is 0 Å². The van der Waals surface area contributed by atoms with Gasteiger partial charge in [-0.1, -0.05) is 0 Å². The average molecular weight is 444 g/mol. The highest BCUT2D eigenvalue weighted by molar-refractivity contribution is 5.50. The summed E-state index contributed by atoms with van der Waals surface area (Å²) in [6.07, 6.45) is -9.12. The molecule has 0 heterocycles. The van der Waals surface area contributed by atoms with Crippen LogP contribution in [0.1, 0.15) is 40.0 Å². The van der Waals surface area contributed by atoms with Crippen LogP contribution in [0.5, 0.6) is 0 Å². The third kappa shape index (κ3) is 17.5. The normalized spacial score (nSPS) is 19.6. The molecule has 0 fully saturated rings. The van der Waals surface area contributed by atoms with Crippen molar-refractivity contribution in [1.82, 2.24) is 0 Å². The lowest BCUT2D eigenvalue weighted by molar-refractivity contribution is -0.114. The summed E-state index contributed by atoms with van der Waals surface area (Å²) in [5.74, 6) is 0. The van der Waals surface area contributed by atoms with Gasteiger partial charge >= 0.3 is 0 Å². The van der Waals surface area contributed by atoms with E-state index in [1.165, 1.54) is 20.8 Å². The maximum atomic E-state index is 9.79. The molecule has 0 radical (unpaired) electrons. The molecule has 0 aromatic carbocycles. The van der Waals surface area contributed by atoms with E-state index in [1.807, 2.05) is 0 Å². The van der Waals surface area contributed by atoms with Crippen LogP contribution < -0.4 is 0 Å². The summed E-state index contributed by atoms with van der Waals surface area (Å²) in [4.78, 5) is 29.4. The van der Waals surface area contributed by atoms with Crippen LogP contribution >= 0.6 is 0 Å². The molecule has 180 valence electrons. The Bertz CT molecular complexity index is 368. The summed E-state index contributed by atoms with van der Waals surface area (Å²) in [5, 5.41) is 79.2. The van der Waals surface area contributed by atoms with Gasteiger partial charge in [0, 0.05) is 19.3 Å². The number of aldehydes is 3. The zero-order chi connectivity index (χ0) is 24.4. The zero-order valence-electron chi connectivity index (χ0n) is 17.3. The Hall–Kier alpha value is -1.35. The molecule has 30 heavy (non-hydrogen) atoms. The average Bonchev–Trinajstić information content (AvgIpc) is 2.67. The first-order valence-electron chi connectivity index (χ1n) is 9.21. The third-order valence-electron chi connectivity index (χ3n) is 3.68. The van der Waals surface area contributed by atoms with Crippen molar-refractivity contribution in [2.45, 2.75) is 95.0 Å². The first-order chi connectivity index (χ1) is 13.8. The summed E-state index contributed by atoms with van der Waals surface area (Å²) in [6, 6.07) is 0. The van der Waals surface area contributed by atoms with Crippen molar-refractivity contribution in [2.75, 3.05) is 0 Å². The van der Waals surface area contributed by atoms with E-state index >= 15 is 0 Å². The Balaban J connectivity index is -0.000000364. The smallest absolute Gasteiger partial charge is 0.122 e. The van der Waals surface area contributed by atoms with Crippen LogP contribution in [0.15, 0.2) is 0 Å². The van der Waals surface area contributed by atoms with Gasteiger partial charge in [-0.25, -0.2) is 0 Å². The van der Waals surface area contributed by atoms with Crippen molar-refractivity contribution in [2.24, 2.45) is 0 Å². The summed E-state index contributed by atoms with van der Waals surface area (Å²) in [7, 11) is 0. The SMILES string of the molecule is C[C@H](O)[C@@H](O)[C@@H](O)CC=O.C[C@H](O)[C@@H](O)[C@@H](O)CC=O.C[C@H](O)[C@@H](O)[C@@H](O)CC=O. The topological polar surface area (TPSA) is 233 Å². The highest BCUT2D eigenvalue weighted by Gasteiger charge is 2.21. The molecule has 0 aliphatic rings. The van der Waals surface area contributed by atoms with E-state index in [4.69, 9.17) is 46.0 Å². The molecule has 0 aromatic rings. The Kier molecular flexibility index (Phi) is 21.8. The fraction of sp³-hybridized carbons (Fsp3) is 0.833.